The summed E-state index contributed by atoms with van der Waals surface area (Å²) in [4.78, 5) is 24.0. The molecule has 0 aromatic heterocycles. The summed E-state index contributed by atoms with van der Waals surface area (Å²) in [7, 11) is 0. The van der Waals surface area contributed by atoms with Crippen LogP contribution in [-0.2, 0) is 14.3 Å². The van der Waals surface area contributed by atoms with E-state index in [2.05, 4.69) is 0 Å². The Bertz CT molecular complexity index is 545. The summed E-state index contributed by atoms with van der Waals surface area (Å²) in [6, 6.07) is 7.09. The molecule has 106 valence electrons. The van der Waals surface area contributed by atoms with Gasteiger partial charge >= 0.3 is 5.97 Å². The van der Waals surface area contributed by atoms with E-state index < -0.39 is 17.5 Å². The van der Waals surface area contributed by atoms with Gasteiger partial charge in [-0.1, -0.05) is 24.3 Å². The molecule has 2 atom stereocenters. The number of benzene rings is 1. The van der Waals surface area contributed by atoms with Crippen molar-refractivity contribution >= 4 is 11.8 Å². The van der Waals surface area contributed by atoms with Crippen LogP contribution in [0.3, 0.4) is 0 Å². The van der Waals surface area contributed by atoms with E-state index in [1.165, 1.54) is 0 Å². The van der Waals surface area contributed by atoms with Gasteiger partial charge in [-0.05, 0) is 5.56 Å². The molecule has 0 amide bonds. The van der Waals surface area contributed by atoms with Gasteiger partial charge in [0.05, 0.1) is 12.5 Å². The predicted octanol–water partition coefficient (Wildman–Crippen LogP) is 1.05. The van der Waals surface area contributed by atoms with Gasteiger partial charge < -0.3 is 14.6 Å². The molecule has 2 unspecified atom stereocenters. The average Bonchev–Trinajstić information content (AvgIpc) is 3.02. The van der Waals surface area contributed by atoms with Crippen LogP contribution in [0.5, 0.6) is 0 Å². The van der Waals surface area contributed by atoms with E-state index in [1.54, 1.807) is 24.3 Å². The summed E-state index contributed by atoms with van der Waals surface area (Å²) in [6.07, 6.45) is 0.605. The Labute approximate surface area is 116 Å². The zero-order valence-corrected chi connectivity index (χ0v) is 11.0. The number of fused-ring (bicyclic) bond motifs is 1. The number of Topliss-reactive ketones (excluding diaryl/α,β-unsaturated/α-hetero) is 1. The first-order valence-corrected chi connectivity index (χ1v) is 6.68. The van der Waals surface area contributed by atoms with Crippen LogP contribution in [0.15, 0.2) is 24.3 Å². The van der Waals surface area contributed by atoms with Crippen molar-refractivity contribution < 1.29 is 24.2 Å². The minimum Gasteiger partial charge on any atom is -0.462 e. The normalized spacial score (nSPS) is 28.4. The van der Waals surface area contributed by atoms with E-state index in [0.29, 0.717) is 18.6 Å². The Morgan fingerprint density at radius 2 is 2.25 bits per heavy atom. The van der Waals surface area contributed by atoms with Crippen molar-refractivity contribution in [3.05, 3.63) is 35.4 Å². The maximum atomic E-state index is 12.1. The second-order valence-electron chi connectivity index (χ2n) is 5.40. The summed E-state index contributed by atoms with van der Waals surface area (Å²) >= 11 is 0. The largest absolute Gasteiger partial charge is 0.462 e. The van der Waals surface area contributed by atoms with Crippen LogP contribution in [0, 0.1) is 0 Å². The highest BCUT2D eigenvalue weighted by Crippen LogP contribution is 2.34. The van der Waals surface area contributed by atoms with Crippen molar-refractivity contribution in [1.82, 2.24) is 0 Å². The van der Waals surface area contributed by atoms with E-state index in [0.717, 1.165) is 5.56 Å². The molecule has 2 aliphatic rings. The number of rotatable bonds is 3. The van der Waals surface area contributed by atoms with Crippen LogP contribution in [0.4, 0.5) is 0 Å². The molecule has 1 heterocycles. The Morgan fingerprint density at radius 3 is 3.00 bits per heavy atom. The van der Waals surface area contributed by atoms with Gasteiger partial charge in [0.25, 0.3) is 0 Å². The van der Waals surface area contributed by atoms with Crippen molar-refractivity contribution in [3.63, 3.8) is 0 Å². The topological polar surface area (TPSA) is 72.8 Å². The molecule has 0 radical (unpaired) electrons. The Hall–Kier alpha value is -1.72. The first-order valence-electron chi connectivity index (χ1n) is 6.68. The first kappa shape index (κ1) is 13.3. The van der Waals surface area contributed by atoms with E-state index in [-0.39, 0.29) is 25.4 Å². The lowest BCUT2D eigenvalue weighted by Gasteiger charge is -2.21. The monoisotopic (exact) mass is 276 g/mol. The standard InChI is InChI=1S/C15H16O5/c16-13-7-12(10-3-1-2-4-11(10)13)14(17)20-9-15(18)5-6-19-8-15/h1-4,12,18H,5-9H2. The van der Waals surface area contributed by atoms with E-state index in [1.807, 2.05) is 0 Å². The van der Waals surface area contributed by atoms with Crippen LogP contribution in [0.1, 0.15) is 34.7 Å². The fourth-order valence-corrected chi connectivity index (χ4v) is 2.69. The van der Waals surface area contributed by atoms with Crippen LogP contribution >= 0.6 is 0 Å². The molecular formula is C15H16O5. The molecule has 0 saturated carbocycles. The van der Waals surface area contributed by atoms with Crippen molar-refractivity contribution in [2.75, 3.05) is 19.8 Å². The lowest BCUT2D eigenvalue weighted by Crippen LogP contribution is -2.36. The molecule has 1 aromatic rings. The fourth-order valence-electron chi connectivity index (χ4n) is 2.69. The van der Waals surface area contributed by atoms with Crippen LogP contribution in [0.2, 0.25) is 0 Å². The van der Waals surface area contributed by atoms with Crippen molar-refractivity contribution in [1.29, 1.82) is 0 Å². The fraction of sp³-hybridized carbons (Fsp3) is 0.467. The molecule has 0 bridgehead atoms. The zero-order valence-electron chi connectivity index (χ0n) is 11.0. The maximum absolute atomic E-state index is 12.1. The average molecular weight is 276 g/mol. The zero-order chi connectivity index (χ0) is 14.2. The summed E-state index contributed by atoms with van der Waals surface area (Å²) < 4.78 is 10.3. The van der Waals surface area contributed by atoms with Crippen LogP contribution in [-0.4, -0.2) is 42.3 Å². The number of ketones is 1. The molecule has 1 saturated heterocycles. The molecule has 1 N–H and O–H groups in total. The molecule has 1 aliphatic carbocycles. The SMILES string of the molecule is O=C1CC(C(=O)OCC2(O)CCOC2)c2ccccc21. The second-order valence-corrected chi connectivity index (χ2v) is 5.40. The Balaban J connectivity index is 1.68. The van der Waals surface area contributed by atoms with Gasteiger partial charge in [-0.2, -0.15) is 0 Å². The number of aliphatic hydroxyl groups is 1. The maximum Gasteiger partial charge on any atom is 0.314 e. The second kappa shape index (κ2) is 5.00. The quantitative estimate of drug-likeness (QED) is 0.835. The highest BCUT2D eigenvalue weighted by molar-refractivity contribution is 6.05. The van der Waals surface area contributed by atoms with Gasteiger partial charge in [0, 0.05) is 25.0 Å². The van der Waals surface area contributed by atoms with Crippen LogP contribution < -0.4 is 0 Å². The van der Waals surface area contributed by atoms with Crippen molar-refractivity contribution in [3.8, 4) is 0 Å². The molecule has 5 nitrogen and oxygen atoms in total. The summed E-state index contributed by atoms with van der Waals surface area (Å²) in [5.74, 6) is -1.04. The Kier molecular flexibility index (Phi) is 3.31. The molecule has 5 heteroatoms. The van der Waals surface area contributed by atoms with E-state index in [4.69, 9.17) is 9.47 Å². The number of carbonyl (C=O) groups is 2. The third-order valence-corrected chi connectivity index (χ3v) is 3.88. The lowest BCUT2D eigenvalue weighted by atomic mass is 10.0. The minimum absolute atomic E-state index is 0.0366. The van der Waals surface area contributed by atoms with Gasteiger partial charge in [-0.3, -0.25) is 9.59 Å². The van der Waals surface area contributed by atoms with Gasteiger partial charge in [0.1, 0.15) is 12.2 Å². The predicted molar refractivity (Wildman–Crippen MR) is 69.5 cm³/mol. The molecule has 1 aromatic carbocycles. The highest BCUT2D eigenvalue weighted by atomic mass is 16.6. The summed E-state index contributed by atoms with van der Waals surface area (Å²) in [5, 5.41) is 10.1. The third-order valence-electron chi connectivity index (χ3n) is 3.88. The lowest BCUT2D eigenvalue weighted by molar-refractivity contribution is -0.153. The van der Waals surface area contributed by atoms with E-state index >= 15 is 0 Å². The molecule has 0 spiro atoms. The number of ether oxygens (including phenoxy) is 2. The smallest absolute Gasteiger partial charge is 0.314 e. The van der Waals surface area contributed by atoms with E-state index in [9.17, 15) is 14.7 Å². The summed E-state index contributed by atoms with van der Waals surface area (Å²) in [5.41, 5.74) is 0.229. The first-order chi connectivity index (χ1) is 9.59. The number of carbonyl (C=O) groups excluding carboxylic acids is 2. The van der Waals surface area contributed by atoms with Crippen LogP contribution in [0.25, 0.3) is 0 Å². The summed E-state index contributed by atoms with van der Waals surface area (Å²) in [6.45, 7) is 0.567. The number of hydrogen-bond donors (Lipinski definition) is 1. The Morgan fingerprint density at radius 1 is 1.45 bits per heavy atom. The highest BCUT2D eigenvalue weighted by Gasteiger charge is 2.38. The molecule has 1 fully saturated rings. The van der Waals surface area contributed by atoms with Crippen molar-refractivity contribution in [2.45, 2.75) is 24.4 Å². The molecular weight excluding hydrogens is 260 g/mol. The molecule has 1 aliphatic heterocycles. The third kappa shape index (κ3) is 2.34. The molecule has 3 rings (SSSR count). The van der Waals surface area contributed by atoms with Crippen molar-refractivity contribution in [2.24, 2.45) is 0 Å². The van der Waals surface area contributed by atoms with Gasteiger partial charge in [0.15, 0.2) is 5.78 Å². The minimum atomic E-state index is -1.09. The van der Waals surface area contributed by atoms with Gasteiger partial charge in [-0.25, -0.2) is 0 Å². The van der Waals surface area contributed by atoms with Gasteiger partial charge in [-0.15, -0.1) is 0 Å². The number of esters is 1. The molecule has 20 heavy (non-hydrogen) atoms. The van der Waals surface area contributed by atoms with Gasteiger partial charge in [0.2, 0.25) is 0 Å². The number of hydrogen-bond acceptors (Lipinski definition) is 5.